The van der Waals surface area contributed by atoms with E-state index in [9.17, 15) is 8.78 Å². The average molecular weight is 313 g/mol. The van der Waals surface area contributed by atoms with Gasteiger partial charge in [-0.15, -0.1) is 6.58 Å². The first kappa shape index (κ1) is 20.1. The van der Waals surface area contributed by atoms with Gasteiger partial charge < -0.3 is 14.7 Å². The molecule has 0 saturated heterocycles. The minimum absolute atomic E-state index is 0.140. The Kier molecular flexibility index (Phi) is 9.10. The maximum atomic E-state index is 13.9. The Balaban J connectivity index is 5.67. The zero-order valence-corrected chi connectivity index (χ0v) is 13.7. The molecule has 1 atom stereocenters. The van der Waals surface area contributed by atoms with Gasteiger partial charge in [0, 0.05) is 6.54 Å². The van der Waals surface area contributed by atoms with Gasteiger partial charge in [0.05, 0.1) is 19.4 Å². The first-order valence-electron chi connectivity index (χ1n) is 6.94. The summed E-state index contributed by atoms with van der Waals surface area (Å²) < 4.78 is 32.1. The minimum Gasteiger partial charge on any atom is -0.492 e. The van der Waals surface area contributed by atoms with E-state index in [1.807, 2.05) is 19.9 Å². The van der Waals surface area contributed by atoms with E-state index in [0.29, 0.717) is 12.2 Å². The van der Waals surface area contributed by atoms with Crippen LogP contribution in [0.25, 0.3) is 0 Å². The predicted molar refractivity (Wildman–Crippen MR) is 86.1 cm³/mol. The first-order chi connectivity index (χ1) is 10.4. The molecule has 0 aromatic heterocycles. The number of allylic oxidation sites excluding steroid dienone is 4. The van der Waals surface area contributed by atoms with Gasteiger partial charge in [0.25, 0.3) is 0 Å². The molecule has 0 amide bonds. The summed E-state index contributed by atoms with van der Waals surface area (Å²) in [6.07, 6.45) is 5.26. The molecule has 124 valence electrons. The number of ether oxygens (including phenoxy) is 1. The fraction of sp³-hybridized carbons (Fsp3) is 0.412. The van der Waals surface area contributed by atoms with Crippen molar-refractivity contribution in [1.29, 1.82) is 0 Å². The van der Waals surface area contributed by atoms with Crippen molar-refractivity contribution in [3.05, 3.63) is 60.2 Å². The van der Waals surface area contributed by atoms with E-state index < -0.39 is 18.3 Å². The van der Waals surface area contributed by atoms with E-state index in [4.69, 9.17) is 9.84 Å². The molecule has 0 aliphatic carbocycles. The van der Waals surface area contributed by atoms with Crippen LogP contribution in [0.4, 0.5) is 8.78 Å². The van der Waals surface area contributed by atoms with Gasteiger partial charge in [0.1, 0.15) is 0 Å². The highest BCUT2D eigenvalue weighted by Crippen LogP contribution is 2.25. The molecule has 0 rings (SSSR count). The normalized spacial score (nSPS) is 15.5. The zero-order valence-electron chi connectivity index (χ0n) is 13.7. The molecule has 0 aliphatic rings. The highest BCUT2D eigenvalue weighted by atomic mass is 19.2. The number of rotatable bonds is 9. The Morgan fingerprint density at radius 2 is 1.95 bits per heavy atom. The van der Waals surface area contributed by atoms with Gasteiger partial charge in [-0.1, -0.05) is 25.7 Å². The zero-order chi connectivity index (χ0) is 17.3. The van der Waals surface area contributed by atoms with Crippen LogP contribution in [-0.4, -0.2) is 30.3 Å². The topological polar surface area (TPSA) is 32.7 Å². The van der Waals surface area contributed by atoms with Crippen molar-refractivity contribution >= 4 is 0 Å². The Hall–Kier alpha value is -1.88. The third-order valence-corrected chi connectivity index (χ3v) is 3.42. The number of halogens is 2. The Morgan fingerprint density at radius 1 is 1.36 bits per heavy atom. The molecule has 0 spiro atoms. The van der Waals surface area contributed by atoms with Gasteiger partial charge in [0.15, 0.2) is 11.6 Å². The predicted octanol–water partition coefficient (Wildman–Crippen LogP) is 4.22. The number of methoxy groups -OCH3 is 1. The van der Waals surface area contributed by atoms with Crippen molar-refractivity contribution in [2.24, 2.45) is 5.92 Å². The molecule has 22 heavy (non-hydrogen) atoms. The second-order valence-electron chi connectivity index (χ2n) is 4.69. The summed E-state index contributed by atoms with van der Waals surface area (Å²) in [6, 6.07) is 0. The third kappa shape index (κ3) is 5.15. The highest BCUT2D eigenvalue weighted by Gasteiger charge is 2.19. The highest BCUT2D eigenvalue weighted by molar-refractivity contribution is 5.28. The molecule has 0 aliphatic heterocycles. The molecular formula is C17H25F2NO2. The van der Waals surface area contributed by atoms with Crippen molar-refractivity contribution in [3.8, 4) is 0 Å². The molecule has 3 nitrogen and oxygen atoms in total. The van der Waals surface area contributed by atoms with Crippen LogP contribution in [0.1, 0.15) is 20.8 Å². The number of aliphatic hydroxyl groups excluding tert-OH is 1. The van der Waals surface area contributed by atoms with Crippen LogP contribution in [0.15, 0.2) is 60.2 Å². The molecule has 0 unspecified atom stereocenters. The summed E-state index contributed by atoms with van der Waals surface area (Å²) in [4.78, 5) is 1.65. The Labute approximate surface area is 131 Å². The SMILES string of the molecule is C=C[C@@H](C)/C(=C/C)CN(C=C)/C(C)=C(OC)/C(F)=C(/F)CO. The molecule has 0 aromatic carbocycles. The van der Waals surface area contributed by atoms with Crippen LogP contribution in [0.5, 0.6) is 0 Å². The summed E-state index contributed by atoms with van der Waals surface area (Å²) in [5.74, 6) is -2.62. The van der Waals surface area contributed by atoms with Crippen molar-refractivity contribution in [1.82, 2.24) is 4.90 Å². The van der Waals surface area contributed by atoms with Gasteiger partial charge in [-0.05, 0) is 31.5 Å². The van der Waals surface area contributed by atoms with Crippen molar-refractivity contribution in [2.75, 3.05) is 20.3 Å². The molecule has 5 heteroatoms. The molecular weight excluding hydrogens is 288 g/mol. The summed E-state index contributed by atoms with van der Waals surface area (Å²) >= 11 is 0. The van der Waals surface area contributed by atoms with Gasteiger partial charge in [-0.2, -0.15) is 4.39 Å². The lowest BCUT2D eigenvalue weighted by molar-refractivity contribution is 0.247. The van der Waals surface area contributed by atoms with Crippen molar-refractivity contribution in [2.45, 2.75) is 20.8 Å². The summed E-state index contributed by atoms with van der Waals surface area (Å²) in [7, 11) is 1.24. The summed E-state index contributed by atoms with van der Waals surface area (Å²) in [6.45, 7) is 12.4. The van der Waals surface area contributed by atoms with Gasteiger partial charge >= 0.3 is 0 Å². The van der Waals surface area contributed by atoms with E-state index in [1.165, 1.54) is 13.3 Å². The van der Waals surface area contributed by atoms with Crippen LogP contribution in [0.2, 0.25) is 0 Å². The Morgan fingerprint density at radius 3 is 2.32 bits per heavy atom. The first-order valence-corrected chi connectivity index (χ1v) is 6.94. The third-order valence-electron chi connectivity index (χ3n) is 3.42. The lowest BCUT2D eigenvalue weighted by Gasteiger charge is -2.26. The molecule has 0 saturated carbocycles. The van der Waals surface area contributed by atoms with Crippen LogP contribution >= 0.6 is 0 Å². The number of aliphatic hydroxyl groups is 1. The quantitative estimate of drug-likeness (QED) is 0.393. The fourth-order valence-electron chi connectivity index (χ4n) is 1.89. The summed E-state index contributed by atoms with van der Waals surface area (Å²) in [5.41, 5.74) is 1.41. The van der Waals surface area contributed by atoms with E-state index in [2.05, 4.69) is 13.2 Å². The molecule has 0 radical (unpaired) electrons. The second kappa shape index (κ2) is 9.95. The Bertz CT molecular complexity index is 493. The molecule has 0 aromatic rings. The largest absolute Gasteiger partial charge is 0.492 e. The lowest BCUT2D eigenvalue weighted by atomic mass is 10.0. The van der Waals surface area contributed by atoms with Crippen molar-refractivity contribution < 1.29 is 18.6 Å². The monoisotopic (exact) mass is 313 g/mol. The van der Waals surface area contributed by atoms with E-state index in [0.717, 1.165) is 5.57 Å². The number of hydrogen-bond donors (Lipinski definition) is 1. The molecule has 0 bridgehead atoms. The second-order valence-corrected chi connectivity index (χ2v) is 4.69. The van der Waals surface area contributed by atoms with Gasteiger partial charge in [0.2, 0.25) is 5.83 Å². The van der Waals surface area contributed by atoms with Crippen molar-refractivity contribution in [3.63, 3.8) is 0 Å². The van der Waals surface area contributed by atoms with Crippen LogP contribution in [0, 0.1) is 5.92 Å². The number of hydrogen-bond acceptors (Lipinski definition) is 3. The number of nitrogens with zero attached hydrogens (tertiary/aromatic N) is 1. The van der Waals surface area contributed by atoms with Gasteiger partial charge in [-0.25, -0.2) is 4.39 Å². The smallest absolute Gasteiger partial charge is 0.200 e. The fourth-order valence-corrected chi connectivity index (χ4v) is 1.89. The average Bonchev–Trinajstić information content (AvgIpc) is 2.54. The standard InChI is InChI=1S/C17H25F2NO2/c1-7-12(4)14(8-2)10-20(9-3)13(5)17(22-6)16(19)15(18)11-21/h7-9,12,21H,1,3,10-11H2,2,4-6H3/b14-8+,16-15-,17-13-/t12-/m1/s1. The minimum atomic E-state index is -1.27. The van der Waals surface area contributed by atoms with Crippen LogP contribution < -0.4 is 0 Å². The summed E-state index contributed by atoms with van der Waals surface area (Å²) in [5, 5.41) is 8.71. The maximum absolute atomic E-state index is 13.9. The molecule has 0 fully saturated rings. The molecule has 1 N–H and O–H groups in total. The van der Waals surface area contributed by atoms with E-state index in [-0.39, 0.29) is 11.7 Å². The lowest BCUT2D eigenvalue weighted by Crippen LogP contribution is -2.22. The maximum Gasteiger partial charge on any atom is 0.200 e. The van der Waals surface area contributed by atoms with Crippen LogP contribution in [-0.2, 0) is 4.74 Å². The van der Waals surface area contributed by atoms with Crippen LogP contribution in [0.3, 0.4) is 0 Å². The molecule has 0 heterocycles. The van der Waals surface area contributed by atoms with Gasteiger partial charge in [-0.3, -0.25) is 0 Å². The van der Waals surface area contributed by atoms with E-state index in [1.54, 1.807) is 17.9 Å². The van der Waals surface area contributed by atoms with E-state index >= 15 is 0 Å².